The van der Waals surface area contributed by atoms with E-state index in [0.29, 0.717) is 0 Å². The molecule has 0 aliphatic carbocycles. The normalized spacial score (nSPS) is 12.6. The topological polar surface area (TPSA) is 32.3 Å². The van der Waals surface area contributed by atoms with Gasteiger partial charge in [-0.3, -0.25) is 0 Å². The van der Waals surface area contributed by atoms with E-state index >= 15 is 0 Å². The van der Waals surface area contributed by atoms with Crippen molar-refractivity contribution in [2.75, 3.05) is 11.9 Å². The minimum atomic E-state index is 0.0766. The Hall–Kier alpha value is -0.540. The first-order valence-electron chi connectivity index (χ1n) is 4.68. The van der Waals surface area contributed by atoms with Gasteiger partial charge in [0.2, 0.25) is 0 Å². The highest BCUT2D eigenvalue weighted by molar-refractivity contribution is 9.10. The van der Waals surface area contributed by atoms with Crippen LogP contribution in [0.2, 0.25) is 0 Å². The Morgan fingerprint density at radius 1 is 1.43 bits per heavy atom. The first-order chi connectivity index (χ1) is 6.54. The molecule has 0 fully saturated rings. The molecule has 2 nitrogen and oxygen atoms in total. The van der Waals surface area contributed by atoms with Gasteiger partial charge in [-0.25, -0.2) is 0 Å². The molecule has 0 aromatic heterocycles. The summed E-state index contributed by atoms with van der Waals surface area (Å²) in [5.74, 6) is 0. The molecule has 1 aromatic carbocycles. The fourth-order valence-electron chi connectivity index (χ4n) is 1.39. The van der Waals surface area contributed by atoms with Crippen LogP contribution in [-0.2, 0) is 0 Å². The van der Waals surface area contributed by atoms with Gasteiger partial charge >= 0.3 is 0 Å². The number of hydrogen-bond acceptors (Lipinski definition) is 2. The summed E-state index contributed by atoms with van der Waals surface area (Å²) in [7, 11) is 0. The van der Waals surface area contributed by atoms with Gasteiger partial charge < -0.3 is 10.4 Å². The van der Waals surface area contributed by atoms with Crippen molar-refractivity contribution in [3.63, 3.8) is 0 Å². The molecule has 0 saturated heterocycles. The molecule has 0 aliphatic heterocycles. The quantitative estimate of drug-likeness (QED) is 0.873. The highest BCUT2D eigenvalue weighted by Gasteiger charge is 2.07. The van der Waals surface area contributed by atoms with Gasteiger partial charge in [-0.2, -0.15) is 0 Å². The first-order valence-corrected chi connectivity index (χ1v) is 5.48. The molecule has 1 unspecified atom stereocenters. The maximum absolute atomic E-state index is 8.95. The lowest BCUT2D eigenvalue weighted by molar-refractivity contribution is 0.281. The van der Waals surface area contributed by atoms with E-state index in [1.807, 2.05) is 6.92 Å². The third-order valence-electron chi connectivity index (χ3n) is 2.10. The van der Waals surface area contributed by atoms with Crippen LogP contribution in [0.4, 0.5) is 5.69 Å². The summed E-state index contributed by atoms with van der Waals surface area (Å²) in [6.07, 6.45) is 0. The fraction of sp³-hybridized carbons (Fsp3) is 0.455. The van der Waals surface area contributed by atoms with E-state index in [2.05, 4.69) is 47.2 Å². The highest BCUT2D eigenvalue weighted by atomic mass is 79.9. The van der Waals surface area contributed by atoms with Crippen LogP contribution in [0.1, 0.15) is 18.1 Å². The smallest absolute Gasteiger partial charge is 0.0630 e. The summed E-state index contributed by atoms with van der Waals surface area (Å²) in [6, 6.07) is 4.27. The standard InChI is InChI=1S/C11H16BrNO/c1-7-4-8(2)11(10(12)5-7)13-9(3)6-14/h4-5,9,13-14H,6H2,1-3H3. The zero-order valence-electron chi connectivity index (χ0n) is 8.76. The summed E-state index contributed by atoms with van der Waals surface area (Å²) < 4.78 is 1.05. The van der Waals surface area contributed by atoms with Crippen molar-refractivity contribution >= 4 is 21.6 Å². The van der Waals surface area contributed by atoms with Gasteiger partial charge in [-0.1, -0.05) is 6.07 Å². The predicted molar refractivity (Wildman–Crippen MR) is 63.8 cm³/mol. The monoisotopic (exact) mass is 257 g/mol. The molecule has 0 spiro atoms. The van der Waals surface area contributed by atoms with Crippen molar-refractivity contribution in [2.24, 2.45) is 0 Å². The van der Waals surface area contributed by atoms with Crippen LogP contribution in [0.15, 0.2) is 16.6 Å². The molecule has 14 heavy (non-hydrogen) atoms. The molecule has 2 N–H and O–H groups in total. The number of anilines is 1. The van der Waals surface area contributed by atoms with Gasteiger partial charge in [0.05, 0.1) is 12.3 Å². The average molecular weight is 258 g/mol. The van der Waals surface area contributed by atoms with E-state index in [-0.39, 0.29) is 12.6 Å². The molecular weight excluding hydrogens is 242 g/mol. The SMILES string of the molecule is Cc1cc(C)c(NC(C)CO)c(Br)c1. The molecule has 0 amide bonds. The Bertz CT molecular complexity index is 302. The molecule has 0 aliphatic rings. The Morgan fingerprint density at radius 2 is 2.07 bits per heavy atom. The van der Waals surface area contributed by atoms with Crippen molar-refractivity contribution in [1.29, 1.82) is 0 Å². The third kappa shape index (κ3) is 2.72. The second-order valence-corrected chi connectivity index (χ2v) is 4.52. The summed E-state index contributed by atoms with van der Waals surface area (Å²) in [5.41, 5.74) is 3.49. The summed E-state index contributed by atoms with van der Waals surface area (Å²) in [5, 5.41) is 12.2. The average Bonchev–Trinajstić information content (AvgIpc) is 2.10. The largest absolute Gasteiger partial charge is 0.394 e. The van der Waals surface area contributed by atoms with Crippen molar-refractivity contribution < 1.29 is 5.11 Å². The maximum Gasteiger partial charge on any atom is 0.0630 e. The lowest BCUT2D eigenvalue weighted by Gasteiger charge is -2.16. The van der Waals surface area contributed by atoms with E-state index in [4.69, 9.17) is 5.11 Å². The lowest BCUT2D eigenvalue weighted by Crippen LogP contribution is -2.20. The van der Waals surface area contributed by atoms with Crippen LogP contribution in [0.3, 0.4) is 0 Å². The molecule has 1 rings (SSSR count). The molecule has 0 radical (unpaired) electrons. The Labute approximate surface area is 93.5 Å². The van der Waals surface area contributed by atoms with Crippen LogP contribution in [0.5, 0.6) is 0 Å². The number of benzene rings is 1. The van der Waals surface area contributed by atoms with Crippen molar-refractivity contribution in [1.82, 2.24) is 0 Å². The molecule has 0 heterocycles. The zero-order valence-corrected chi connectivity index (χ0v) is 10.4. The van der Waals surface area contributed by atoms with Crippen LogP contribution in [-0.4, -0.2) is 17.8 Å². The van der Waals surface area contributed by atoms with Gasteiger partial charge in [-0.15, -0.1) is 0 Å². The predicted octanol–water partition coefficient (Wildman–Crippen LogP) is 2.86. The number of rotatable bonds is 3. The Morgan fingerprint density at radius 3 is 2.57 bits per heavy atom. The lowest BCUT2D eigenvalue weighted by atomic mass is 10.1. The minimum absolute atomic E-state index is 0.0766. The third-order valence-corrected chi connectivity index (χ3v) is 2.72. The Kier molecular flexibility index (Phi) is 3.96. The number of aliphatic hydroxyl groups excluding tert-OH is 1. The fourth-order valence-corrected chi connectivity index (χ4v) is 2.18. The Balaban J connectivity index is 2.96. The van der Waals surface area contributed by atoms with E-state index in [1.54, 1.807) is 0 Å². The van der Waals surface area contributed by atoms with Gasteiger partial charge in [0.15, 0.2) is 0 Å². The van der Waals surface area contributed by atoms with Crippen molar-refractivity contribution in [2.45, 2.75) is 26.8 Å². The second kappa shape index (κ2) is 4.80. The van der Waals surface area contributed by atoms with E-state index < -0.39 is 0 Å². The molecule has 0 saturated carbocycles. The summed E-state index contributed by atoms with van der Waals surface area (Å²) >= 11 is 3.51. The molecule has 1 aromatic rings. The summed E-state index contributed by atoms with van der Waals surface area (Å²) in [4.78, 5) is 0. The molecule has 3 heteroatoms. The van der Waals surface area contributed by atoms with Gasteiger partial charge in [-0.05, 0) is 53.9 Å². The van der Waals surface area contributed by atoms with Crippen LogP contribution in [0, 0.1) is 13.8 Å². The van der Waals surface area contributed by atoms with Gasteiger partial charge in [0.25, 0.3) is 0 Å². The van der Waals surface area contributed by atoms with E-state index in [9.17, 15) is 0 Å². The van der Waals surface area contributed by atoms with Crippen LogP contribution < -0.4 is 5.32 Å². The van der Waals surface area contributed by atoms with E-state index in [1.165, 1.54) is 11.1 Å². The maximum atomic E-state index is 8.95. The van der Waals surface area contributed by atoms with Gasteiger partial charge in [0, 0.05) is 10.5 Å². The van der Waals surface area contributed by atoms with Gasteiger partial charge in [0.1, 0.15) is 0 Å². The minimum Gasteiger partial charge on any atom is -0.394 e. The first kappa shape index (κ1) is 11.5. The number of halogens is 1. The molecule has 1 atom stereocenters. The van der Waals surface area contributed by atoms with Crippen molar-refractivity contribution in [3.8, 4) is 0 Å². The number of aryl methyl sites for hydroxylation is 2. The highest BCUT2D eigenvalue weighted by Crippen LogP contribution is 2.28. The number of hydrogen-bond donors (Lipinski definition) is 2. The van der Waals surface area contributed by atoms with Crippen LogP contribution in [0.25, 0.3) is 0 Å². The molecular formula is C11H16BrNO. The summed E-state index contributed by atoms with van der Waals surface area (Å²) in [6.45, 7) is 6.21. The second-order valence-electron chi connectivity index (χ2n) is 3.67. The number of aliphatic hydroxyl groups is 1. The molecule has 0 bridgehead atoms. The zero-order chi connectivity index (χ0) is 10.7. The molecule has 78 valence electrons. The van der Waals surface area contributed by atoms with Crippen molar-refractivity contribution in [3.05, 3.63) is 27.7 Å². The van der Waals surface area contributed by atoms with E-state index in [0.717, 1.165) is 10.2 Å². The van der Waals surface area contributed by atoms with Crippen LogP contribution >= 0.6 is 15.9 Å². The number of nitrogens with one attached hydrogen (secondary N) is 1.